The van der Waals surface area contributed by atoms with E-state index in [0.29, 0.717) is 17.2 Å². The van der Waals surface area contributed by atoms with Gasteiger partial charge in [-0.2, -0.15) is 0 Å². The fourth-order valence-electron chi connectivity index (χ4n) is 11.0. The number of pyridine rings is 1. The van der Waals surface area contributed by atoms with E-state index >= 15 is 0 Å². The van der Waals surface area contributed by atoms with E-state index in [1.165, 1.54) is 0 Å². The van der Waals surface area contributed by atoms with Crippen LogP contribution in [0, 0.1) is 6.07 Å². The number of aromatic hydroxyl groups is 1. The minimum absolute atomic E-state index is 0. The zero-order valence-corrected chi connectivity index (χ0v) is 40.8. The summed E-state index contributed by atoms with van der Waals surface area (Å²) in [6.07, 6.45) is 2.06. The molecule has 8 aromatic carbocycles. The number of hydrogen-bond acceptors (Lipinski definition) is 6. The van der Waals surface area contributed by atoms with Crippen LogP contribution in [0.4, 0.5) is 0 Å². The van der Waals surface area contributed by atoms with Crippen LogP contribution >= 0.6 is 0 Å². The average molecular weight is 1090 g/mol. The van der Waals surface area contributed by atoms with Gasteiger partial charge in [-0.1, -0.05) is 124 Å². The molecule has 5 heterocycles. The molecule has 14 rings (SSSR count). The summed E-state index contributed by atoms with van der Waals surface area (Å²) in [5, 5.41) is 18.0. The van der Waals surface area contributed by atoms with E-state index in [9.17, 15) is 5.11 Å². The number of benzene rings is 8. The molecule has 5 aromatic heterocycles. The van der Waals surface area contributed by atoms with Gasteiger partial charge in [-0.05, 0) is 99.5 Å². The van der Waals surface area contributed by atoms with Crippen molar-refractivity contribution in [1.29, 1.82) is 0 Å². The van der Waals surface area contributed by atoms with E-state index in [1.807, 2.05) is 60.7 Å². The molecule has 8 heteroatoms. The number of hydrogen-bond donors (Lipinski definition) is 1. The molecular weight excluding hydrogens is 1050 g/mol. The van der Waals surface area contributed by atoms with Gasteiger partial charge in [0.25, 0.3) is 0 Å². The minimum Gasteiger partial charge on any atom is -0.507 e. The van der Waals surface area contributed by atoms with Crippen LogP contribution in [0.2, 0.25) is 0 Å². The largest absolute Gasteiger partial charge is 0.507 e. The average Bonchev–Trinajstić information content (AvgIpc) is 4.17. The van der Waals surface area contributed by atoms with Gasteiger partial charge in [-0.3, -0.25) is 4.98 Å². The predicted octanol–water partition coefficient (Wildman–Crippen LogP) is 16.4. The maximum atomic E-state index is 11.9. The van der Waals surface area contributed by atoms with Crippen molar-refractivity contribution in [2.24, 2.45) is 0 Å². The Morgan fingerprint density at radius 2 is 1.13 bits per heavy atom. The monoisotopic (exact) mass is 1090 g/mol. The Bertz CT molecular complexity index is 4280. The second-order valence-electron chi connectivity index (χ2n) is 19.4. The summed E-state index contributed by atoms with van der Waals surface area (Å²) >= 11 is 0. The van der Waals surface area contributed by atoms with Gasteiger partial charge < -0.3 is 22.9 Å². The number of para-hydroxylation sites is 2. The van der Waals surface area contributed by atoms with Gasteiger partial charge in [-0.15, -0.1) is 23.8 Å². The molecule has 0 unspecified atom stereocenters. The van der Waals surface area contributed by atoms with Crippen LogP contribution < -0.4 is 0 Å². The first-order valence-corrected chi connectivity index (χ1v) is 23.3. The van der Waals surface area contributed by atoms with E-state index < -0.39 is 5.41 Å². The second kappa shape index (κ2) is 15.3. The summed E-state index contributed by atoms with van der Waals surface area (Å²) in [7, 11) is 0. The summed E-state index contributed by atoms with van der Waals surface area (Å²) in [6.45, 7) is 9.13. The maximum Gasteiger partial charge on any atom is 0.137 e. The van der Waals surface area contributed by atoms with Gasteiger partial charge >= 0.3 is 0 Å². The second-order valence-corrected chi connectivity index (χ2v) is 19.4. The van der Waals surface area contributed by atoms with Crippen LogP contribution in [0.3, 0.4) is 0 Å². The van der Waals surface area contributed by atoms with Crippen LogP contribution in [0.25, 0.3) is 128 Å². The summed E-state index contributed by atoms with van der Waals surface area (Å²) < 4.78 is 21.3. The topological polar surface area (TPSA) is 90.4 Å². The van der Waals surface area contributed by atoms with Gasteiger partial charge in [0.1, 0.15) is 33.7 Å². The number of phenols is 1. The van der Waals surface area contributed by atoms with E-state index in [2.05, 4.69) is 148 Å². The van der Waals surface area contributed by atoms with Crippen molar-refractivity contribution < 1.29 is 39.4 Å². The molecule has 1 aliphatic rings. The number of imidazole rings is 1. The van der Waals surface area contributed by atoms with Gasteiger partial charge in [-0.25, -0.2) is 4.98 Å². The fourth-order valence-corrected chi connectivity index (χ4v) is 11.0. The maximum absolute atomic E-state index is 11.9. The van der Waals surface area contributed by atoms with E-state index in [0.717, 1.165) is 122 Å². The molecule has 1 aliphatic carbocycles. The SMILES string of the molecule is CC1(C)c2cccc(O)c2-c2nc(-c3cn(-c4ccc5c(c4)oc4ccccc45)c(-c4[c-]cc5oc6ccc(-c7ccccc7)cc6c5c4)n3)cc(-c3ccc4oc5ccccc5c4c3)c2C1(C)C.[Pt]. The van der Waals surface area contributed by atoms with Crippen LogP contribution in [-0.2, 0) is 31.9 Å². The number of furan rings is 3. The van der Waals surface area contributed by atoms with Gasteiger partial charge in [0, 0.05) is 76.9 Å². The van der Waals surface area contributed by atoms with Crippen molar-refractivity contribution in [3.8, 4) is 67.7 Å². The van der Waals surface area contributed by atoms with Crippen LogP contribution in [-0.4, -0.2) is 19.6 Å². The van der Waals surface area contributed by atoms with Crippen LogP contribution in [0.1, 0.15) is 38.8 Å². The molecule has 0 aliphatic heterocycles. The van der Waals surface area contributed by atoms with Crippen molar-refractivity contribution in [2.75, 3.05) is 0 Å². The standard InChI is InChI=1S/C62H42N3O4.Pt/c1-61(2)47-17-12-18-50(66)57(47)59-58(62(61,3)4)43(37-22-27-53-44(30-37)41-16-9-11-20-52(41)67-53)33-48(63-59)49-34-65(39-24-25-42-40-15-8-10-19-51(40)69-56(42)32-39)60(64-49)38-23-28-55-46(31-38)45-29-36(21-26-54(45)68-55)35-13-6-5-7-14-35;/h5-22,24-34,66H,1-4H3;/q-1;. The Hall–Kier alpha value is -7.99. The minimum atomic E-state index is -0.429. The third-order valence-electron chi connectivity index (χ3n) is 15.2. The van der Waals surface area contributed by atoms with Crippen LogP contribution in [0.15, 0.2) is 189 Å². The first kappa shape index (κ1) is 42.1. The Morgan fingerprint density at radius 1 is 0.500 bits per heavy atom. The Balaban J connectivity index is 0.00000480. The summed E-state index contributed by atoms with van der Waals surface area (Å²) in [5.41, 5.74) is 14.9. The molecule has 0 saturated carbocycles. The Labute approximate surface area is 416 Å². The molecule has 0 spiro atoms. The summed E-state index contributed by atoms with van der Waals surface area (Å²) in [6, 6.07) is 61.5. The molecule has 0 fully saturated rings. The fraction of sp³-hybridized carbons (Fsp3) is 0.0968. The third-order valence-corrected chi connectivity index (χ3v) is 15.2. The van der Waals surface area contributed by atoms with E-state index in [1.54, 1.807) is 6.07 Å². The molecule has 1 N–H and O–H groups in total. The van der Waals surface area contributed by atoms with Gasteiger partial charge in [0.05, 0.1) is 28.5 Å². The first-order chi connectivity index (χ1) is 33.6. The van der Waals surface area contributed by atoms with Crippen LogP contribution in [0.5, 0.6) is 5.75 Å². The Morgan fingerprint density at radius 3 is 1.91 bits per heavy atom. The Kier molecular flexibility index (Phi) is 9.18. The number of aromatic nitrogens is 3. The number of nitrogens with zero attached hydrogens (tertiary/aromatic N) is 3. The molecule has 70 heavy (non-hydrogen) atoms. The molecular formula is C62H42N3O4Pt-. The molecule has 0 atom stereocenters. The third kappa shape index (κ3) is 6.10. The predicted molar refractivity (Wildman–Crippen MR) is 277 cm³/mol. The summed E-state index contributed by atoms with van der Waals surface area (Å²) in [5.74, 6) is 0.869. The zero-order valence-electron chi connectivity index (χ0n) is 38.6. The molecule has 13 aromatic rings. The molecule has 0 bridgehead atoms. The molecule has 7 nitrogen and oxygen atoms in total. The van der Waals surface area contributed by atoms with Crippen molar-refractivity contribution in [3.63, 3.8) is 0 Å². The van der Waals surface area contributed by atoms with Crippen molar-refractivity contribution in [1.82, 2.24) is 14.5 Å². The van der Waals surface area contributed by atoms with Crippen molar-refractivity contribution in [3.05, 3.63) is 193 Å². The first-order valence-electron chi connectivity index (χ1n) is 23.3. The van der Waals surface area contributed by atoms with Crippen molar-refractivity contribution in [2.45, 2.75) is 38.5 Å². The smallest absolute Gasteiger partial charge is 0.137 e. The molecule has 340 valence electrons. The number of phenolic OH excluding ortho intramolecular Hbond substituents is 1. The van der Waals surface area contributed by atoms with E-state index in [4.69, 9.17) is 23.2 Å². The normalized spacial score (nSPS) is 13.9. The van der Waals surface area contributed by atoms with Crippen molar-refractivity contribution >= 4 is 65.8 Å². The summed E-state index contributed by atoms with van der Waals surface area (Å²) in [4.78, 5) is 11.1. The molecule has 0 amide bonds. The van der Waals surface area contributed by atoms with Gasteiger partial charge in [0.15, 0.2) is 0 Å². The number of rotatable bonds is 5. The molecule has 0 radical (unpaired) electrons. The quantitative estimate of drug-likeness (QED) is 0.173. The zero-order chi connectivity index (χ0) is 46.3. The number of fused-ring (bicyclic) bond motifs is 12. The molecule has 0 saturated heterocycles. The van der Waals surface area contributed by atoms with E-state index in [-0.39, 0.29) is 32.2 Å². The van der Waals surface area contributed by atoms with Gasteiger partial charge in [0.2, 0.25) is 0 Å².